The molecule has 2 aliphatic rings. The van der Waals surface area contributed by atoms with Crippen molar-refractivity contribution in [2.75, 3.05) is 0 Å². The molecule has 0 saturated heterocycles. The van der Waals surface area contributed by atoms with E-state index in [1.807, 2.05) is 0 Å². The van der Waals surface area contributed by atoms with Gasteiger partial charge in [-0.25, -0.2) is 0 Å². The topological polar surface area (TPSA) is 0 Å². The first-order valence-electron chi connectivity index (χ1n) is 14.7. The van der Waals surface area contributed by atoms with E-state index in [9.17, 15) is 0 Å². The second-order valence-electron chi connectivity index (χ2n) is 11.7. The summed E-state index contributed by atoms with van der Waals surface area (Å²) >= 11 is 0. The van der Waals surface area contributed by atoms with Crippen LogP contribution in [0.4, 0.5) is 0 Å². The van der Waals surface area contributed by atoms with E-state index < -0.39 is 0 Å². The first kappa shape index (κ1) is 22.3. The van der Waals surface area contributed by atoms with Crippen LogP contribution in [0, 0.1) is 0 Å². The highest BCUT2D eigenvalue weighted by molar-refractivity contribution is 6.27. The Morgan fingerprint density at radius 2 is 0.595 bits per heavy atom. The van der Waals surface area contributed by atoms with Crippen molar-refractivity contribution in [1.82, 2.24) is 0 Å². The highest BCUT2D eigenvalue weighted by Gasteiger charge is 2.29. The van der Waals surface area contributed by atoms with Crippen LogP contribution >= 0.6 is 0 Å². The van der Waals surface area contributed by atoms with Gasteiger partial charge in [0.25, 0.3) is 0 Å². The Morgan fingerprint density at radius 3 is 1.02 bits per heavy atom. The zero-order chi connectivity index (χ0) is 27.4. The molecule has 10 rings (SSSR count). The fourth-order valence-corrected chi connectivity index (χ4v) is 7.67. The van der Waals surface area contributed by atoms with E-state index in [4.69, 9.17) is 0 Å². The summed E-state index contributed by atoms with van der Waals surface area (Å²) in [5, 5.41) is 7.97. The van der Waals surface area contributed by atoms with Crippen molar-refractivity contribution in [3.05, 3.63) is 146 Å². The van der Waals surface area contributed by atoms with E-state index in [-0.39, 0.29) is 0 Å². The molecule has 0 nitrogen and oxygen atoms in total. The number of fused-ring (bicyclic) bond motifs is 8. The lowest BCUT2D eigenvalue weighted by molar-refractivity contribution is 1.63. The molecule has 0 atom stereocenters. The van der Waals surface area contributed by atoms with Crippen molar-refractivity contribution in [1.29, 1.82) is 0 Å². The monoisotopic (exact) mass is 528 g/mol. The number of hydrogen-bond acceptors (Lipinski definition) is 0. The van der Waals surface area contributed by atoms with Crippen molar-refractivity contribution in [2.45, 2.75) is 0 Å². The molecule has 0 radical (unpaired) electrons. The van der Waals surface area contributed by atoms with Crippen LogP contribution in [0.1, 0.15) is 0 Å². The fourth-order valence-electron chi connectivity index (χ4n) is 7.67. The molecule has 0 aliphatic heterocycles. The summed E-state index contributed by atoms with van der Waals surface area (Å²) in [4.78, 5) is 0. The van der Waals surface area contributed by atoms with Crippen LogP contribution in [0.15, 0.2) is 146 Å². The van der Waals surface area contributed by atoms with Crippen LogP contribution in [-0.4, -0.2) is 0 Å². The minimum absolute atomic E-state index is 1.25. The molecule has 0 amide bonds. The molecule has 192 valence electrons. The van der Waals surface area contributed by atoms with Gasteiger partial charge in [-0.05, 0) is 123 Å². The van der Waals surface area contributed by atoms with E-state index in [0.29, 0.717) is 0 Å². The minimum Gasteiger partial charge on any atom is -0.0622 e. The van der Waals surface area contributed by atoms with Gasteiger partial charge in [0.2, 0.25) is 0 Å². The third-order valence-corrected chi connectivity index (χ3v) is 9.53. The lowest BCUT2D eigenvalue weighted by atomic mass is 9.89. The lowest BCUT2D eigenvalue weighted by Crippen LogP contribution is -1.88. The summed E-state index contributed by atoms with van der Waals surface area (Å²) in [7, 11) is 0. The van der Waals surface area contributed by atoms with Gasteiger partial charge < -0.3 is 0 Å². The normalized spacial score (nSPS) is 12.3. The molecule has 0 saturated carbocycles. The summed E-state index contributed by atoms with van der Waals surface area (Å²) in [6.45, 7) is 0. The van der Waals surface area contributed by atoms with Crippen molar-refractivity contribution >= 4 is 32.3 Å². The van der Waals surface area contributed by atoms with E-state index in [0.717, 1.165) is 0 Å². The summed E-state index contributed by atoms with van der Waals surface area (Å²) in [6, 6.07) is 54.1. The maximum atomic E-state index is 2.44. The molecule has 0 heterocycles. The van der Waals surface area contributed by atoms with Crippen LogP contribution in [0.3, 0.4) is 0 Å². The van der Waals surface area contributed by atoms with E-state index in [1.54, 1.807) is 0 Å². The average Bonchev–Trinajstić information content (AvgIpc) is 3.55. The molecular formula is C42H24. The van der Waals surface area contributed by atoms with Gasteiger partial charge in [-0.3, -0.25) is 0 Å². The maximum absolute atomic E-state index is 2.44. The summed E-state index contributed by atoms with van der Waals surface area (Å²) in [6.07, 6.45) is 0. The molecule has 0 fully saturated rings. The highest BCUT2D eigenvalue weighted by atomic mass is 14.3. The first-order chi connectivity index (χ1) is 20.8. The maximum Gasteiger partial charge on any atom is -0.00139 e. The van der Waals surface area contributed by atoms with Crippen LogP contribution < -0.4 is 0 Å². The fraction of sp³-hybridized carbons (Fsp3) is 0. The third kappa shape index (κ3) is 2.86. The molecular weight excluding hydrogens is 504 g/mol. The standard InChI is InChI=1S/C42H24/c1-3-9-25(10-4-1)29-15-16-30(26-11-5-2-6-12-26)38-22-28-24-40-36-20-18-34-32-14-8-7-13-31(32)33-17-19-35(42(36)41(33)34)39(40)23-27(28)21-37(29)38/h1-24H. The van der Waals surface area contributed by atoms with E-state index >= 15 is 0 Å². The summed E-state index contributed by atoms with van der Waals surface area (Å²) in [5.74, 6) is 0. The van der Waals surface area contributed by atoms with Crippen molar-refractivity contribution < 1.29 is 0 Å². The second kappa shape index (κ2) is 8.06. The molecule has 8 aromatic rings. The molecule has 0 spiro atoms. The van der Waals surface area contributed by atoms with Gasteiger partial charge in [0, 0.05) is 0 Å². The Bertz CT molecular complexity index is 2260. The lowest BCUT2D eigenvalue weighted by Gasteiger charge is -2.15. The molecule has 8 aromatic carbocycles. The van der Waals surface area contributed by atoms with Crippen molar-refractivity contribution in [3.8, 4) is 66.8 Å². The van der Waals surface area contributed by atoms with Gasteiger partial charge in [-0.15, -0.1) is 0 Å². The molecule has 0 N–H and O–H groups in total. The molecule has 42 heavy (non-hydrogen) atoms. The molecule has 2 aliphatic carbocycles. The Kier molecular flexibility index (Phi) is 4.27. The van der Waals surface area contributed by atoms with Crippen LogP contribution in [0.25, 0.3) is 99.1 Å². The smallest absolute Gasteiger partial charge is 0.00139 e. The predicted octanol–water partition coefficient (Wildman–Crippen LogP) is 11.8. The zero-order valence-corrected chi connectivity index (χ0v) is 22.9. The van der Waals surface area contributed by atoms with Gasteiger partial charge in [0.1, 0.15) is 0 Å². The molecule has 0 aromatic heterocycles. The molecule has 0 heteroatoms. The average molecular weight is 529 g/mol. The minimum atomic E-state index is 1.25. The van der Waals surface area contributed by atoms with E-state index in [2.05, 4.69) is 146 Å². The van der Waals surface area contributed by atoms with Crippen molar-refractivity contribution in [3.63, 3.8) is 0 Å². The Balaban J connectivity index is 1.27. The Hall–Kier alpha value is -5.46. The number of benzene rings is 8. The Labute approximate surface area is 244 Å². The number of rotatable bonds is 2. The van der Waals surface area contributed by atoms with Crippen LogP contribution in [0.5, 0.6) is 0 Å². The third-order valence-electron chi connectivity index (χ3n) is 9.53. The van der Waals surface area contributed by atoms with Gasteiger partial charge in [-0.2, -0.15) is 0 Å². The summed E-state index contributed by atoms with van der Waals surface area (Å²) < 4.78 is 0. The zero-order valence-electron chi connectivity index (χ0n) is 22.9. The second-order valence-corrected chi connectivity index (χ2v) is 11.7. The van der Waals surface area contributed by atoms with Gasteiger partial charge in [0.15, 0.2) is 0 Å². The largest absolute Gasteiger partial charge is 0.0622 e. The summed E-state index contributed by atoms with van der Waals surface area (Å²) in [5.41, 5.74) is 15.9. The molecule has 0 bridgehead atoms. The van der Waals surface area contributed by atoms with Gasteiger partial charge in [0.05, 0.1) is 0 Å². The highest BCUT2D eigenvalue weighted by Crippen LogP contribution is 2.56. The van der Waals surface area contributed by atoms with Crippen LogP contribution in [0.2, 0.25) is 0 Å². The Morgan fingerprint density at radius 1 is 0.238 bits per heavy atom. The predicted molar refractivity (Wildman–Crippen MR) is 179 cm³/mol. The van der Waals surface area contributed by atoms with Gasteiger partial charge >= 0.3 is 0 Å². The van der Waals surface area contributed by atoms with Crippen LogP contribution in [-0.2, 0) is 0 Å². The SMILES string of the molecule is c1ccc(-c2ccc(-c3ccccc3)c3cc4cc5c(cc4cc23)-c2ccc3c4c(ccc-5c24)-c2ccccc2-3)cc1. The van der Waals surface area contributed by atoms with E-state index in [1.165, 1.54) is 99.1 Å². The first-order valence-corrected chi connectivity index (χ1v) is 14.7. The number of hydrogen-bond donors (Lipinski definition) is 0. The molecule has 0 unspecified atom stereocenters. The quantitative estimate of drug-likeness (QED) is 0.196. The van der Waals surface area contributed by atoms with Crippen molar-refractivity contribution in [2.24, 2.45) is 0 Å². The van der Waals surface area contributed by atoms with Gasteiger partial charge in [-0.1, -0.05) is 121 Å².